The molecule has 5 nitrogen and oxygen atoms in total. The van der Waals surface area contributed by atoms with Gasteiger partial charge in [0.05, 0.1) is 23.9 Å². The van der Waals surface area contributed by atoms with Crippen LogP contribution in [-0.4, -0.2) is 31.0 Å². The molecule has 2 rings (SSSR count). The Bertz CT molecular complexity index is 688. The number of halogens is 1. The number of hydrogen-bond acceptors (Lipinski definition) is 4. The molecule has 1 aromatic carbocycles. The molecule has 1 aromatic heterocycles. The summed E-state index contributed by atoms with van der Waals surface area (Å²) >= 11 is 3.25. The van der Waals surface area contributed by atoms with Crippen molar-refractivity contribution in [2.24, 2.45) is 0 Å². The molecular weight excluding hydrogens is 336 g/mol. The number of rotatable bonds is 3. The van der Waals surface area contributed by atoms with Gasteiger partial charge in [0.15, 0.2) is 0 Å². The molecule has 1 heterocycles. The van der Waals surface area contributed by atoms with E-state index in [1.165, 1.54) is 12.0 Å². The van der Waals surface area contributed by atoms with Crippen LogP contribution in [-0.2, 0) is 4.74 Å². The highest BCUT2D eigenvalue weighted by Gasteiger charge is 2.21. The molecule has 0 bridgehead atoms. The summed E-state index contributed by atoms with van der Waals surface area (Å²) in [5.74, 6) is -0.762. The number of anilines is 1. The van der Waals surface area contributed by atoms with Gasteiger partial charge in [-0.15, -0.1) is 0 Å². The Labute approximate surface area is 130 Å². The van der Waals surface area contributed by atoms with E-state index < -0.39 is 5.97 Å². The van der Waals surface area contributed by atoms with Gasteiger partial charge in [-0.2, -0.15) is 0 Å². The van der Waals surface area contributed by atoms with Crippen molar-refractivity contribution in [3.05, 3.63) is 58.3 Å². The number of aromatic nitrogens is 1. The van der Waals surface area contributed by atoms with Crippen molar-refractivity contribution in [2.45, 2.75) is 0 Å². The Morgan fingerprint density at radius 3 is 2.48 bits per heavy atom. The first kappa shape index (κ1) is 15.2. The number of methoxy groups -OCH3 is 1. The van der Waals surface area contributed by atoms with E-state index in [1.807, 2.05) is 0 Å². The van der Waals surface area contributed by atoms with Crippen LogP contribution in [0.1, 0.15) is 20.7 Å². The number of para-hydroxylation sites is 1. The molecule has 21 heavy (non-hydrogen) atoms. The second-order valence-electron chi connectivity index (χ2n) is 4.21. The van der Waals surface area contributed by atoms with Crippen LogP contribution < -0.4 is 4.90 Å². The van der Waals surface area contributed by atoms with Crippen molar-refractivity contribution in [3.63, 3.8) is 0 Å². The SMILES string of the molecule is COC(=O)c1ccccc1N(C)C(=O)c1cccnc1Br. The van der Waals surface area contributed by atoms with Gasteiger partial charge < -0.3 is 9.64 Å². The molecule has 0 spiro atoms. The summed E-state index contributed by atoms with van der Waals surface area (Å²) in [5, 5.41) is 0. The molecule has 108 valence electrons. The van der Waals surface area contributed by atoms with Crippen LogP contribution in [0.4, 0.5) is 5.69 Å². The molecule has 0 aliphatic heterocycles. The Morgan fingerprint density at radius 2 is 1.81 bits per heavy atom. The summed E-state index contributed by atoms with van der Waals surface area (Å²) in [7, 11) is 2.90. The summed E-state index contributed by atoms with van der Waals surface area (Å²) in [6.07, 6.45) is 1.59. The van der Waals surface area contributed by atoms with Crippen molar-refractivity contribution in [1.29, 1.82) is 0 Å². The Kier molecular flexibility index (Phi) is 4.70. The topological polar surface area (TPSA) is 59.5 Å². The number of ether oxygens (including phenoxy) is 1. The lowest BCUT2D eigenvalue weighted by molar-refractivity contribution is 0.0601. The van der Waals surface area contributed by atoms with Gasteiger partial charge in [0.25, 0.3) is 5.91 Å². The van der Waals surface area contributed by atoms with E-state index in [2.05, 4.69) is 20.9 Å². The van der Waals surface area contributed by atoms with Crippen LogP contribution in [0.15, 0.2) is 47.2 Å². The minimum atomic E-state index is -0.490. The maximum Gasteiger partial charge on any atom is 0.339 e. The number of hydrogen-bond donors (Lipinski definition) is 0. The second kappa shape index (κ2) is 6.49. The molecule has 0 atom stereocenters. The first-order valence-corrected chi connectivity index (χ1v) is 6.91. The predicted octanol–water partition coefficient (Wildman–Crippen LogP) is 2.91. The number of benzene rings is 1. The van der Waals surface area contributed by atoms with Gasteiger partial charge in [-0.05, 0) is 40.2 Å². The molecule has 0 unspecified atom stereocenters. The number of nitrogens with zero attached hydrogens (tertiary/aromatic N) is 2. The lowest BCUT2D eigenvalue weighted by Gasteiger charge is -2.20. The summed E-state index contributed by atoms with van der Waals surface area (Å²) < 4.78 is 5.19. The summed E-state index contributed by atoms with van der Waals surface area (Å²) in [4.78, 5) is 29.7. The molecule has 1 amide bonds. The van der Waals surface area contributed by atoms with E-state index in [9.17, 15) is 9.59 Å². The van der Waals surface area contributed by atoms with Crippen LogP contribution in [0.2, 0.25) is 0 Å². The van der Waals surface area contributed by atoms with Crippen LogP contribution >= 0.6 is 15.9 Å². The largest absolute Gasteiger partial charge is 0.465 e. The zero-order valence-corrected chi connectivity index (χ0v) is 13.1. The minimum Gasteiger partial charge on any atom is -0.465 e. The van der Waals surface area contributed by atoms with Crippen molar-refractivity contribution < 1.29 is 14.3 Å². The van der Waals surface area contributed by atoms with Gasteiger partial charge in [0.2, 0.25) is 0 Å². The molecule has 0 aliphatic carbocycles. The molecule has 0 saturated carbocycles. The van der Waals surface area contributed by atoms with E-state index in [1.54, 1.807) is 49.6 Å². The highest BCUT2D eigenvalue weighted by Crippen LogP contribution is 2.23. The number of pyridine rings is 1. The van der Waals surface area contributed by atoms with E-state index >= 15 is 0 Å². The molecule has 0 fully saturated rings. The predicted molar refractivity (Wildman–Crippen MR) is 82.5 cm³/mol. The zero-order chi connectivity index (χ0) is 15.4. The molecule has 2 aromatic rings. The molecule has 0 radical (unpaired) electrons. The summed E-state index contributed by atoms with van der Waals surface area (Å²) in [5.41, 5.74) is 1.22. The van der Waals surface area contributed by atoms with E-state index in [4.69, 9.17) is 4.74 Å². The van der Waals surface area contributed by atoms with E-state index in [-0.39, 0.29) is 5.91 Å². The number of carbonyl (C=O) groups excluding carboxylic acids is 2. The van der Waals surface area contributed by atoms with E-state index in [0.29, 0.717) is 21.4 Å². The number of amides is 1. The molecule has 0 N–H and O–H groups in total. The lowest BCUT2D eigenvalue weighted by Crippen LogP contribution is -2.28. The summed E-state index contributed by atoms with van der Waals surface area (Å²) in [6, 6.07) is 10.1. The fourth-order valence-corrected chi connectivity index (χ4v) is 2.30. The summed E-state index contributed by atoms with van der Waals surface area (Å²) in [6.45, 7) is 0. The van der Waals surface area contributed by atoms with Gasteiger partial charge in [-0.3, -0.25) is 4.79 Å². The Balaban J connectivity index is 2.41. The molecule has 0 saturated heterocycles. The lowest BCUT2D eigenvalue weighted by atomic mass is 10.1. The van der Waals surface area contributed by atoms with Gasteiger partial charge in [0.1, 0.15) is 4.60 Å². The van der Waals surface area contributed by atoms with Crippen molar-refractivity contribution >= 4 is 33.5 Å². The third kappa shape index (κ3) is 3.11. The maximum absolute atomic E-state index is 12.5. The second-order valence-corrected chi connectivity index (χ2v) is 4.97. The number of esters is 1. The normalized spacial score (nSPS) is 10.0. The van der Waals surface area contributed by atoms with Crippen LogP contribution in [0.25, 0.3) is 0 Å². The Morgan fingerprint density at radius 1 is 1.14 bits per heavy atom. The fourth-order valence-electron chi connectivity index (χ4n) is 1.88. The molecule has 6 heteroatoms. The van der Waals surface area contributed by atoms with Crippen LogP contribution in [0.3, 0.4) is 0 Å². The number of carbonyl (C=O) groups is 2. The van der Waals surface area contributed by atoms with Gasteiger partial charge in [0, 0.05) is 13.2 Å². The quantitative estimate of drug-likeness (QED) is 0.632. The average molecular weight is 349 g/mol. The maximum atomic E-state index is 12.5. The van der Waals surface area contributed by atoms with Crippen LogP contribution in [0, 0.1) is 0 Å². The monoisotopic (exact) mass is 348 g/mol. The van der Waals surface area contributed by atoms with Crippen LogP contribution in [0.5, 0.6) is 0 Å². The van der Waals surface area contributed by atoms with E-state index in [0.717, 1.165) is 0 Å². The molecular formula is C15H13BrN2O3. The standard InChI is InChI=1S/C15H13BrN2O3/c1-18(14(19)11-7-5-9-17-13(11)16)12-8-4-3-6-10(12)15(20)21-2/h3-9H,1-2H3. The third-order valence-electron chi connectivity index (χ3n) is 2.96. The fraction of sp³-hybridized carbons (Fsp3) is 0.133. The van der Waals surface area contributed by atoms with Gasteiger partial charge in [-0.25, -0.2) is 9.78 Å². The van der Waals surface area contributed by atoms with Crippen molar-refractivity contribution in [3.8, 4) is 0 Å². The molecule has 0 aliphatic rings. The smallest absolute Gasteiger partial charge is 0.339 e. The minimum absolute atomic E-state index is 0.272. The zero-order valence-electron chi connectivity index (χ0n) is 11.5. The average Bonchev–Trinajstić information content (AvgIpc) is 2.53. The van der Waals surface area contributed by atoms with Crippen molar-refractivity contribution in [1.82, 2.24) is 4.98 Å². The highest BCUT2D eigenvalue weighted by molar-refractivity contribution is 9.10. The Hall–Kier alpha value is -2.21. The van der Waals surface area contributed by atoms with Gasteiger partial charge >= 0.3 is 5.97 Å². The first-order chi connectivity index (χ1) is 10.1. The third-order valence-corrected chi connectivity index (χ3v) is 3.60. The van der Waals surface area contributed by atoms with Crippen molar-refractivity contribution in [2.75, 3.05) is 19.1 Å². The first-order valence-electron chi connectivity index (χ1n) is 6.12. The van der Waals surface area contributed by atoms with Gasteiger partial charge in [-0.1, -0.05) is 12.1 Å². The highest BCUT2D eigenvalue weighted by atomic mass is 79.9.